The molecule has 0 radical (unpaired) electrons. The number of allylic oxidation sites excluding steroid dienone is 1. The third-order valence-corrected chi connectivity index (χ3v) is 2.37. The van der Waals surface area contributed by atoms with Crippen LogP contribution >= 0.6 is 22.6 Å². The van der Waals surface area contributed by atoms with Gasteiger partial charge in [0.25, 0.3) is 0 Å². The normalized spacial score (nSPS) is 10.7. The van der Waals surface area contributed by atoms with Gasteiger partial charge in [-0.1, -0.05) is 59.0 Å². The highest BCUT2D eigenvalue weighted by molar-refractivity contribution is 14.1. The molecular weight excluding hydrogens is 247 g/mol. The maximum Gasteiger partial charge on any atom is 0.0253 e. The van der Waals surface area contributed by atoms with Crippen LogP contribution in [0.15, 0.2) is 30.3 Å². The Morgan fingerprint density at radius 1 is 1.36 bits per heavy atom. The van der Waals surface area contributed by atoms with Crippen LogP contribution in [0.4, 0.5) is 0 Å². The molecule has 1 aromatic rings. The molecule has 0 spiro atoms. The zero-order valence-corrected chi connectivity index (χ0v) is 8.71. The van der Waals surface area contributed by atoms with Crippen LogP contribution in [-0.4, -0.2) is 0 Å². The fraction of sp³-hybridized carbons (Fsp3) is 0.200. The summed E-state index contributed by atoms with van der Waals surface area (Å²) in [5.74, 6) is 0. The summed E-state index contributed by atoms with van der Waals surface area (Å²) in [7, 11) is 0. The standard InChI is InChI=1S/C10H11I/c1-2-5-9-6-3-4-7-10(9)8-11/h2-7H,8H2,1H3/b5-2+. The summed E-state index contributed by atoms with van der Waals surface area (Å²) in [6.45, 7) is 2.05. The molecule has 0 unspecified atom stereocenters. The van der Waals surface area contributed by atoms with E-state index in [0.29, 0.717) is 0 Å². The molecule has 1 aromatic carbocycles. The molecule has 0 saturated heterocycles. The van der Waals surface area contributed by atoms with Crippen LogP contribution in [0.3, 0.4) is 0 Å². The van der Waals surface area contributed by atoms with Crippen molar-refractivity contribution < 1.29 is 0 Å². The highest BCUT2D eigenvalue weighted by Crippen LogP contribution is 2.13. The largest absolute Gasteiger partial charge is 0.0871 e. The molecule has 58 valence electrons. The van der Waals surface area contributed by atoms with E-state index in [0.717, 1.165) is 4.43 Å². The quantitative estimate of drug-likeness (QED) is 0.561. The number of alkyl halides is 1. The van der Waals surface area contributed by atoms with E-state index in [2.05, 4.69) is 59.0 Å². The van der Waals surface area contributed by atoms with Gasteiger partial charge >= 0.3 is 0 Å². The van der Waals surface area contributed by atoms with Gasteiger partial charge < -0.3 is 0 Å². The third kappa shape index (κ3) is 2.33. The highest BCUT2D eigenvalue weighted by atomic mass is 127. The first kappa shape index (κ1) is 8.78. The number of hydrogen-bond donors (Lipinski definition) is 0. The Balaban J connectivity index is 3.02. The SMILES string of the molecule is C/C=C/c1ccccc1CI. The van der Waals surface area contributed by atoms with Gasteiger partial charge in [0, 0.05) is 4.43 Å². The van der Waals surface area contributed by atoms with Crippen molar-refractivity contribution in [1.82, 2.24) is 0 Å². The molecule has 0 nitrogen and oxygen atoms in total. The van der Waals surface area contributed by atoms with Crippen molar-refractivity contribution in [2.45, 2.75) is 11.4 Å². The minimum atomic E-state index is 1.08. The molecule has 0 aromatic heterocycles. The monoisotopic (exact) mass is 258 g/mol. The molecule has 1 rings (SSSR count). The topological polar surface area (TPSA) is 0 Å². The number of benzene rings is 1. The fourth-order valence-electron chi connectivity index (χ4n) is 0.998. The summed E-state index contributed by atoms with van der Waals surface area (Å²) >= 11 is 2.38. The van der Waals surface area contributed by atoms with E-state index < -0.39 is 0 Å². The van der Waals surface area contributed by atoms with Crippen molar-refractivity contribution in [2.24, 2.45) is 0 Å². The van der Waals surface area contributed by atoms with E-state index in [1.54, 1.807) is 0 Å². The van der Waals surface area contributed by atoms with Crippen LogP contribution in [0.2, 0.25) is 0 Å². The lowest BCUT2D eigenvalue weighted by Crippen LogP contribution is -1.81. The van der Waals surface area contributed by atoms with E-state index in [1.807, 2.05) is 6.92 Å². The first-order valence-corrected chi connectivity index (χ1v) is 5.17. The van der Waals surface area contributed by atoms with Crippen molar-refractivity contribution in [3.05, 3.63) is 41.5 Å². The lowest BCUT2D eigenvalue weighted by atomic mass is 10.1. The molecule has 0 heterocycles. The fourth-order valence-corrected chi connectivity index (χ4v) is 1.69. The summed E-state index contributed by atoms with van der Waals surface area (Å²) in [4.78, 5) is 0. The van der Waals surface area contributed by atoms with Crippen LogP contribution in [0, 0.1) is 0 Å². The van der Waals surface area contributed by atoms with E-state index in [1.165, 1.54) is 11.1 Å². The Labute approximate surface area is 81.5 Å². The molecule has 0 atom stereocenters. The Hall–Kier alpha value is -0.310. The smallest absolute Gasteiger partial charge is 0.0253 e. The predicted molar refractivity (Wildman–Crippen MR) is 58.9 cm³/mol. The van der Waals surface area contributed by atoms with Gasteiger partial charge in [-0.3, -0.25) is 0 Å². The third-order valence-electron chi connectivity index (χ3n) is 1.55. The van der Waals surface area contributed by atoms with Crippen molar-refractivity contribution >= 4 is 28.7 Å². The molecule has 0 saturated carbocycles. The predicted octanol–water partition coefficient (Wildman–Crippen LogP) is 3.65. The zero-order valence-electron chi connectivity index (χ0n) is 6.55. The van der Waals surface area contributed by atoms with Gasteiger partial charge in [0.2, 0.25) is 0 Å². The van der Waals surface area contributed by atoms with Gasteiger partial charge in [0.05, 0.1) is 0 Å². The lowest BCUT2D eigenvalue weighted by molar-refractivity contribution is 1.43. The van der Waals surface area contributed by atoms with E-state index >= 15 is 0 Å². The van der Waals surface area contributed by atoms with Crippen molar-refractivity contribution in [3.8, 4) is 0 Å². The molecule has 0 fully saturated rings. The molecule has 0 N–H and O–H groups in total. The summed E-state index contributed by atoms with van der Waals surface area (Å²) in [6.07, 6.45) is 4.22. The summed E-state index contributed by atoms with van der Waals surface area (Å²) in [5.41, 5.74) is 2.75. The highest BCUT2D eigenvalue weighted by Gasteiger charge is 1.93. The van der Waals surface area contributed by atoms with Crippen LogP contribution in [0.25, 0.3) is 6.08 Å². The average molecular weight is 258 g/mol. The molecule has 0 aliphatic heterocycles. The second-order valence-corrected chi connectivity index (χ2v) is 3.10. The first-order chi connectivity index (χ1) is 5.38. The molecule has 1 heteroatoms. The Morgan fingerprint density at radius 3 is 2.73 bits per heavy atom. The minimum absolute atomic E-state index is 1.08. The van der Waals surface area contributed by atoms with Gasteiger partial charge in [-0.05, 0) is 18.1 Å². The van der Waals surface area contributed by atoms with Gasteiger partial charge in [-0.2, -0.15) is 0 Å². The lowest BCUT2D eigenvalue weighted by Gasteiger charge is -1.99. The molecular formula is C10H11I. The maximum atomic E-state index is 2.38. The van der Waals surface area contributed by atoms with E-state index in [9.17, 15) is 0 Å². The molecule has 0 amide bonds. The number of rotatable bonds is 2. The maximum absolute atomic E-state index is 2.38. The average Bonchev–Trinajstić information content (AvgIpc) is 2.06. The Bertz CT molecular complexity index is 251. The van der Waals surface area contributed by atoms with Crippen LogP contribution in [0.1, 0.15) is 18.1 Å². The van der Waals surface area contributed by atoms with Crippen LogP contribution < -0.4 is 0 Å². The van der Waals surface area contributed by atoms with E-state index in [4.69, 9.17) is 0 Å². The second kappa shape index (κ2) is 4.54. The molecule has 11 heavy (non-hydrogen) atoms. The van der Waals surface area contributed by atoms with Crippen molar-refractivity contribution in [1.29, 1.82) is 0 Å². The zero-order chi connectivity index (χ0) is 8.10. The van der Waals surface area contributed by atoms with Crippen molar-refractivity contribution in [2.75, 3.05) is 0 Å². The minimum Gasteiger partial charge on any atom is -0.0871 e. The van der Waals surface area contributed by atoms with Crippen LogP contribution in [-0.2, 0) is 4.43 Å². The molecule has 0 bridgehead atoms. The molecule has 0 aliphatic rings. The van der Waals surface area contributed by atoms with Crippen molar-refractivity contribution in [3.63, 3.8) is 0 Å². The summed E-state index contributed by atoms with van der Waals surface area (Å²) in [6, 6.07) is 8.47. The number of hydrogen-bond acceptors (Lipinski definition) is 0. The second-order valence-electron chi connectivity index (χ2n) is 2.33. The summed E-state index contributed by atoms with van der Waals surface area (Å²) < 4.78 is 1.08. The molecule has 0 aliphatic carbocycles. The Morgan fingerprint density at radius 2 is 2.09 bits per heavy atom. The van der Waals surface area contributed by atoms with E-state index in [-0.39, 0.29) is 0 Å². The summed E-state index contributed by atoms with van der Waals surface area (Å²) in [5, 5.41) is 0. The van der Waals surface area contributed by atoms with Gasteiger partial charge in [0.15, 0.2) is 0 Å². The first-order valence-electron chi connectivity index (χ1n) is 3.65. The van der Waals surface area contributed by atoms with Gasteiger partial charge in [0.1, 0.15) is 0 Å². The Kier molecular flexibility index (Phi) is 3.63. The van der Waals surface area contributed by atoms with Crippen LogP contribution in [0.5, 0.6) is 0 Å². The van der Waals surface area contributed by atoms with Gasteiger partial charge in [-0.25, -0.2) is 0 Å². The van der Waals surface area contributed by atoms with Gasteiger partial charge in [-0.15, -0.1) is 0 Å². The number of halogens is 1.